The van der Waals surface area contributed by atoms with Crippen LogP contribution in [0, 0.1) is 0 Å². The van der Waals surface area contributed by atoms with Crippen LogP contribution in [0.2, 0.25) is 0 Å². The van der Waals surface area contributed by atoms with Crippen molar-refractivity contribution in [2.24, 2.45) is 0 Å². The Morgan fingerprint density at radius 2 is 2.07 bits per heavy atom. The maximum atomic E-state index is 11.2. The van der Waals surface area contributed by atoms with Crippen LogP contribution in [0.5, 0.6) is 0 Å². The largest absolute Gasteiger partial charge is 0.356 e. The fourth-order valence-electron chi connectivity index (χ4n) is 1.04. The molecule has 0 aliphatic carbocycles. The van der Waals surface area contributed by atoms with E-state index in [1.165, 1.54) is 0 Å². The van der Waals surface area contributed by atoms with Gasteiger partial charge in [0.05, 0.1) is 0 Å². The summed E-state index contributed by atoms with van der Waals surface area (Å²) in [6.45, 7) is 7.34. The fourth-order valence-corrected chi connectivity index (χ4v) is 1.83. The van der Waals surface area contributed by atoms with Gasteiger partial charge in [-0.2, -0.15) is 11.8 Å². The molecule has 1 amide bonds. The van der Waals surface area contributed by atoms with E-state index < -0.39 is 0 Å². The predicted molar refractivity (Wildman–Crippen MR) is 64.7 cm³/mol. The van der Waals surface area contributed by atoms with Gasteiger partial charge in [-0.1, -0.05) is 27.2 Å². The number of unbranched alkanes of at least 4 members (excludes halogenated alkanes) is 1. The number of carbonyl (C=O) groups excluding carboxylic acids is 1. The van der Waals surface area contributed by atoms with Gasteiger partial charge in [0.25, 0.3) is 0 Å². The molecule has 0 spiro atoms. The van der Waals surface area contributed by atoms with Crippen molar-refractivity contribution in [1.82, 2.24) is 5.32 Å². The Morgan fingerprint density at radius 3 is 2.64 bits per heavy atom. The first-order chi connectivity index (χ1) is 6.66. The van der Waals surface area contributed by atoms with Crippen molar-refractivity contribution in [2.75, 3.05) is 12.3 Å². The predicted octanol–water partition coefficient (Wildman–Crippen LogP) is 2.82. The molecular weight excluding hydrogens is 194 g/mol. The molecule has 0 aromatic heterocycles. The SMILES string of the molecule is CCCCNC(=O)CCCSC(C)C. The van der Waals surface area contributed by atoms with Gasteiger partial charge in [-0.25, -0.2) is 0 Å². The lowest BCUT2D eigenvalue weighted by Gasteiger charge is -2.05. The van der Waals surface area contributed by atoms with E-state index in [2.05, 4.69) is 26.1 Å². The lowest BCUT2D eigenvalue weighted by molar-refractivity contribution is -0.121. The Hall–Kier alpha value is -0.180. The Morgan fingerprint density at radius 1 is 1.36 bits per heavy atom. The number of hydrogen-bond donors (Lipinski definition) is 1. The highest BCUT2D eigenvalue weighted by atomic mass is 32.2. The smallest absolute Gasteiger partial charge is 0.220 e. The second-order valence-corrected chi connectivity index (χ2v) is 5.41. The average Bonchev–Trinajstić information content (AvgIpc) is 2.13. The number of hydrogen-bond acceptors (Lipinski definition) is 2. The zero-order chi connectivity index (χ0) is 10.8. The van der Waals surface area contributed by atoms with E-state index in [1.807, 2.05) is 11.8 Å². The summed E-state index contributed by atoms with van der Waals surface area (Å²) in [5.74, 6) is 1.31. The molecule has 0 fully saturated rings. The molecule has 14 heavy (non-hydrogen) atoms. The summed E-state index contributed by atoms with van der Waals surface area (Å²) in [6.07, 6.45) is 3.92. The van der Waals surface area contributed by atoms with Crippen LogP contribution in [0.3, 0.4) is 0 Å². The molecule has 0 aliphatic heterocycles. The number of carbonyl (C=O) groups is 1. The lowest BCUT2D eigenvalue weighted by atomic mass is 10.3. The van der Waals surface area contributed by atoms with Crippen LogP contribution in [0.25, 0.3) is 0 Å². The molecule has 0 unspecified atom stereocenters. The summed E-state index contributed by atoms with van der Waals surface area (Å²) in [5.41, 5.74) is 0. The topological polar surface area (TPSA) is 29.1 Å². The van der Waals surface area contributed by atoms with Gasteiger partial charge in [0, 0.05) is 13.0 Å². The third-order valence-corrected chi connectivity index (χ3v) is 3.04. The molecule has 2 nitrogen and oxygen atoms in total. The molecule has 0 aliphatic rings. The minimum Gasteiger partial charge on any atom is -0.356 e. The standard InChI is InChI=1S/C11H23NOS/c1-4-5-8-12-11(13)7-6-9-14-10(2)3/h10H,4-9H2,1-3H3,(H,12,13). The third kappa shape index (κ3) is 9.90. The number of thioether (sulfide) groups is 1. The maximum Gasteiger partial charge on any atom is 0.220 e. The van der Waals surface area contributed by atoms with Crippen LogP contribution in [-0.2, 0) is 4.79 Å². The van der Waals surface area contributed by atoms with E-state index in [0.29, 0.717) is 11.7 Å². The minimum atomic E-state index is 0.211. The van der Waals surface area contributed by atoms with Crippen LogP contribution in [-0.4, -0.2) is 23.5 Å². The summed E-state index contributed by atoms with van der Waals surface area (Å²) in [5, 5.41) is 3.60. The summed E-state index contributed by atoms with van der Waals surface area (Å²) >= 11 is 1.92. The van der Waals surface area contributed by atoms with Crippen molar-refractivity contribution in [3.8, 4) is 0 Å². The molecule has 1 N–H and O–H groups in total. The van der Waals surface area contributed by atoms with Gasteiger partial charge in [-0.3, -0.25) is 4.79 Å². The van der Waals surface area contributed by atoms with Gasteiger partial charge in [-0.05, 0) is 23.8 Å². The van der Waals surface area contributed by atoms with Crippen molar-refractivity contribution >= 4 is 17.7 Å². The van der Waals surface area contributed by atoms with Crippen LogP contribution in [0.1, 0.15) is 46.5 Å². The number of amides is 1. The molecular formula is C11H23NOS. The van der Waals surface area contributed by atoms with Crippen molar-refractivity contribution < 1.29 is 4.79 Å². The Labute approximate surface area is 92.2 Å². The zero-order valence-corrected chi connectivity index (χ0v) is 10.5. The van der Waals surface area contributed by atoms with Crippen molar-refractivity contribution in [3.63, 3.8) is 0 Å². The molecule has 0 aromatic rings. The normalized spacial score (nSPS) is 10.6. The monoisotopic (exact) mass is 217 g/mol. The molecule has 0 heterocycles. The molecule has 0 rings (SSSR count). The Kier molecular flexibility index (Phi) is 9.26. The Bertz CT molecular complexity index is 148. The zero-order valence-electron chi connectivity index (χ0n) is 9.64. The lowest BCUT2D eigenvalue weighted by Crippen LogP contribution is -2.24. The highest BCUT2D eigenvalue weighted by Gasteiger charge is 2.00. The van der Waals surface area contributed by atoms with Crippen LogP contribution < -0.4 is 5.32 Å². The van der Waals surface area contributed by atoms with E-state index in [1.54, 1.807) is 0 Å². The van der Waals surface area contributed by atoms with Gasteiger partial charge in [0.1, 0.15) is 0 Å². The van der Waals surface area contributed by atoms with E-state index >= 15 is 0 Å². The Balaban J connectivity index is 3.18. The number of nitrogens with one attached hydrogen (secondary N) is 1. The molecule has 0 radical (unpaired) electrons. The molecule has 0 saturated heterocycles. The highest BCUT2D eigenvalue weighted by molar-refractivity contribution is 7.99. The third-order valence-electron chi connectivity index (χ3n) is 1.85. The van der Waals surface area contributed by atoms with Gasteiger partial charge >= 0.3 is 0 Å². The summed E-state index contributed by atoms with van der Waals surface area (Å²) in [4.78, 5) is 11.2. The van der Waals surface area contributed by atoms with Crippen LogP contribution in [0.15, 0.2) is 0 Å². The second-order valence-electron chi connectivity index (χ2n) is 3.73. The van der Waals surface area contributed by atoms with Gasteiger partial charge in [0.15, 0.2) is 0 Å². The van der Waals surface area contributed by atoms with E-state index in [-0.39, 0.29) is 5.91 Å². The first-order valence-corrected chi connectivity index (χ1v) is 6.60. The average molecular weight is 217 g/mol. The quantitative estimate of drug-likeness (QED) is 0.633. The van der Waals surface area contributed by atoms with Crippen molar-refractivity contribution in [1.29, 1.82) is 0 Å². The van der Waals surface area contributed by atoms with Crippen molar-refractivity contribution in [2.45, 2.75) is 51.7 Å². The van der Waals surface area contributed by atoms with E-state index in [9.17, 15) is 4.79 Å². The molecule has 0 aromatic carbocycles. The molecule has 0 atom stereocenters. The van der Waals surface area contributed by atoms with E-state index in [0.717, 1.165) is 31.6 Å². The van der Waals surface area contributed by atoms with Gasteiger partial charge < -0.3 is 5.32 Å². The molecule has 0 saturated carbocycles. The molecule has 0 bridgehead atoms. The maximum absolute atomic E-state index is 11.2. The number of rotatable bonds is 8. The molecule has 3 heteroatoms. The van der Waals surface area contributed by atoms with Gasteiger partial charge in [-0.15, -0.1) is 0 Å². The van der Waals surface area contributed by atoms with Crippen LogP contribution in [0.4, 0.5) is 0 Å². The van der Waals surface area contributed by atoms with Crippen molar-refractivity contribution in [3.05, 3.63) is 0 Å². The highest BCUT2D eigenvalue weighted by Crippen LogP contribution is 2.11. The molecule has 84 valence electrons. The summed E-state index contributed by atoms with van der Waals surface area (Å²) in [7, 11) is 0. The summed E-state index contributed by atoms with van der Waals surface area (Å²) in [6, 6.07) is 0. The first-order valence-electron chi connectivity index (χ1n) is 5.55. The second kappa shape index (κ2) is 9.38. The first kappa shape index (κ1) is 13.8. The van der Waals surface area contributed by atoms with E-state index in [4.69, 9.17) is 0 Å². The fraction of sp³-hybridized carbons (Fsp3) is 0.909. The minimum absolute atomic E-state index is 0.211. The summed E-state index contributed by atoms with van der Waals surface area (Å²) < 4.78 is 0. The van der Waals surface area contributed by atoms with Gasteiger partial charge in [0.2, 0.25) is 5.91 Å². The van der Waals surface area contributed by atoms with Crippen LogP contribution >= 0.6 is 11.8 Å².